The summed E-state index contributed by atoms with van der Waals surface area (Å²) in [7, 11) is 1.59. The van der Waals surface area contributed by atoms with Crippen LogP contribution in [0, 0.1) is 16.7 Å². The van der Waals surface area contributed by atoms with Gasteiger partial charge in [0.25, 0.3) is 0 Å². The fourth-order valence-corrected chi connectivity index (χ4v) is 3.74. The zero-order valence-electron chi connectivity index (χ0n) is 16.8. The first-order chi connectivity index (χ1) is 14.0. The maximum absolute atomic E-state index is 12.7. The highest BCUT2D eigenvalue weighted by Gasteiger charge is 2.53. The number of carbonyl (C=O) groups is 2. The highest BCUT2D eigenvalue weighted by molar-refractivity contribution is 6.01. The minimum absolute atomic E-state index is 0.164. The summed E-state index contributed by atoms with van der Waals surface area (Å²) >= 11 is 0. The molecule has 0 heterocycles. The van der Waals surface area contributed by atoms with E-state index in [1.807, 2.05) is 30.3 Å². The molecule has 1 aliphatic rings. The van der Waals surface area contributed by atoms with Crippen molar-refractivity contribution in [3.8, 4) is 22.9 Å². The van der Waals surface area contributed by atoms with Gasteiger partial charge >= 0.3 is 11.9 Å². The third kappa shape index (κ3) is 3.68. The van der Waals surface area contributed by atoms with E-state index in [0.717, 1.165) is 28.0 Å². The maximum Gasteiger partial charge on any atom is 0.324 e. The van der Waals surface area contributed by atoms with Crippen LogP contribution in [0.2, 0.25) is 0 Å². The molecule has 0 aliphatic heterocycles. The van der Waals surface area contributed by atoms with E-state index >= 15 is 0 Å². The van der Waals surface area contributed by atoms with Gasteiger partial charge in [0.05, 0.1) is 32.0 Å². The fourth-order valence-electron chi connectivity index (χ4n) is 3.74. The molecule has 0 fully saturated rings. The lowest BCUT2D eigenvalue weighted by Crippen LogP contribution is -2.43. The number of hydrogen-bond donors (Lipinski definition) is 0. The van der Waals surface area contributed by atoms with E-state index in [1.165, 1.54) is 0 Å². The van der Waals surface area contributed by atoms with Gasteiger partial charge in [-0.2, -0.15) is 5.26 Å². The average Bonchev–Trinajstić information content (AvgIpc) is 3.13. The summed E-state index contributed by atoms with van der Waals surface area (Å²) in [6.07, 6.45) is 0.354. The third-order valence-corrected chi connectivity index (χ3v) is 5.18. The van der Waals surface area contributed by atoms with Crippen molar-refractivity contribution in [1.29, 1.82) is 5.26 Å². The Kier molecular flexibility index (Phi) is 5.88. The molecule has 6 nitrogen and oxygen atoms in total. The minimum Gasteiger partial charge on any atom is -0.497 e. The molecular formula is C23H23NO5. The molecule has 150 valence electrons. The van der Waals surface area contributed by atoms with Gasteiger partial charge in [0, 0.05) is 0 Å². The van der Waals surface area contributed by atoms with Gasteiger partial charge in [0.1, 0.15) is 5.75 Å². The lowest BCUT2D eigenvalue weighted by molar-refractivity contribution is -0.171. The molecule has 29 heavy (non-hydrogen) atoms. The summed E-state index contributed by atoms with van der Waals surface area (Å²) in [6.45, 7) is 3.76. The Labute approximate surface area is 170 Å². The normalized spacial score (nSPS) is 13.9. The molecule has 1 aliphatic carbocycles. The molecule has 2 aromatic rings. The molecule has 2 aromatic carbocycles. The van der Waals surface area contributed by atoms with E-state index < -0.39 is 17.4 Å². The SMILES string of the molecule is CCOC(=O)C1(C(=O)OCC)Cc2cc(C#N)c(-c3ccc(OC)cc3)cc2C1. The summed E-state index contributed by atoms with van der Waals surface area (Å²) in [4.78, 5) is 25.5. The Bertz CT molecular complexity index is 954. The van der Waals surface area contributed by atoms with Crippen LogP contribution < -0.4 is 4.74 Å². The van der Waals surface area contributed by atoms with E-state index in [-0.39, 0.29) is 26.1 Å². The Morgan fingerprint density at radius 3 is 2.03 bits per heavy atom. The summed E-state index contributed by atoms with van der Waals surface area (Å²) in [5.74, 6) is -0.449. The lowest BCUT2D eigenvalue weighted by atomic mass is 9.84. The Morgan fingerprint density at radius 1 is 1.00 bits per heavy atom. The first-order valence-electron chi connectivity index (χ1n) is 9.53. The molecule has 0 N–H and O–H groups in total. The molecule has 0 radical (unpaired) electrons. The van der Waals surface area contributed by atoms with Crippen molar-refractivity contribution in [2.75, 3.05) is 20.3 Å². The topological polar surface area (TPSA) is 85.6 Å². The first-order valence-corrected chi connectivity index (χ1v) is 9.53. The number of nitriles is 1. The van der Waals surface area contributed by atoms with Gasteiger partial charge in [-0.25, -0.2) is 0 Å². The van der Waals surface area contributed by atoms with Crippen LogP contribution in [0.4, 0.5) is 0 Å². The Hall–Kier alpha value is -3.33. The zero-order chi connectivity index (χ0) is 21.0. The number of ether oxygens (including phenoxy) is 3. The van der Waals surface area contributed by atoms with Gasteiger partial charge in [-0.15, -0.1) is 0 Å². The molecule has 0 saturated carbocycles. The largest absolute Gasteiger partial charge is 0.497 e. The standard InChI is InChI=1S/C23H23NO5/c1-4-28-21(25)23(22(26)29-5-2)12-16-10-18(14-24)20(11-17(16)13-23)15-6-8-19(27-3)9-7-15/h6-11H,4-5,12-13H2,1-3H3. The monoisotopic (exact) mass is 393 g/mol. The highest BCUT2D eigenvalue weighted by Crippen LogP contribution is 2.42. The molecule has 3 rings (SSSR count). The number of methoxy groups -OCH3 is 1. The highest BCUT2D eigenvalue weighted by atomic mass is 16.6. The second-order valence-electron chi connectivity index (χ2n) is 6.88. The van der Waals surface area contributed by atoms with Gasteiger partial charge in [0.2, 0.25) is 0 Å². The van der Waals surface area contributed by atoms with Crippen LogP contribution >= 0.6 is 0 Å². The molecular weight excluding hydrogens is 370 g/mol. The maximum atomic E-state index is 12.7. The number of benzene rings is 2. The third-order valence-electron chi connectivity index (χ3n) is 5.18. The quantitative estimate of drug-likeness (QED) is 0.552. The van der Waals surface area contributed by atoms with Crippen LogP contribution in [0.1, 0.15) is 30.5 Å². The smallest absolute Gasteiger partial charge is 0.324 e. The molecule has 0 bridgehead atoms. The molecule has 0 amide bonds. The van der Waals surface area contributed by atoms with Crippen molar-refractivity contribution in [3.63, 3.8) is 0 Å². The lowest BCUT2D eigenvalue weighted by Gasteiger charge is -2.23. The van der Waals surface area contributed by atoms with Crippen LogP contribution in [0.15, 0.2) is 36.4 Å². The molecule has 0 aromatic heterocycles. The first kappa shape index (κ1) is 20.4. The van der Waals surface area contributed by atoms with Crippen molar-refractivity contribution in [1.82, 2.24) is 0 Å². The van der Waals surface area contributed by atoms with Gasteiger partial charge in [0.15, 0.2) is 5.41 Å². The Balaban J connectivity index is 2.05. The number of rotatable bonds is 6. The molecule has 0 atom stereocenters. The van der Waals surface area contributed by atoms with E-state index in [0.29, 0.717) is 5.56 Å². The Morgan fingerprint density at radius 2 is 1.55 bits per heavy atom. The predicted octanol–water partition coefficient (Wildman–Crippen LogP) is 3.45. The number of esters is 2. The zero-order valence-corrected chi connectivity index (χ0v) is 16.8. The van der Waals surface area contributed by atoms with Gasteiger partial charge in [-0.3, -0.25) is 9.59 Å². The van der Waals surface area contributed by atoms with Crippen LogP contribution in [0.25, 0.3) is 11.1 Å². The molecule has 0 saturated heterocycles. The second kappa shape index (κ2) is 8.36. The van der Waals surface area contributed by atoms with Gasteiger partial charge in [-0.1, -0.05) is 12.1 Å². The van der Waals surface area contributed by atoms with Crippen molar-refractivity contribution < 1.29 is 23.8 Å². The van der Waals surface area contributed by atoms with E-state index in [1.54, 1.807) is 27.0 Å². The van der Waals surface area contributed by atoms with Crippen LogP contribution in [0.3, 0.4) is 0 Å². The molecule has 0 spiro atoms. The number of hydrogen-bond acceptors (Lipinski definition) is 6. The number of carbonyl (C=O) groups excluding carboxylic acids is 2. The fraction of sp³-hybridized carbons (Fsp3) is 0.348. The van der Waals surface area contributed by atoms with Crippen LogP contribution in [-0.4, -0.2) is 32.3 Å². The average molecular weight is 393 g/mol. The number of fused-ring (bicyclic) bond motifs is 1. The van der Waals surface area contributed by atoms with Crippen molar-refractivity contribution in [2.24, 2.45) is 5.41 Å². The van der Waals surface area contributed by atoms with Crippen molar-refractivity contribution in [2.45, 2.75) is 26.7 Å². The summed E-state index contributed by atoms with van der Waals surface area (Å²) in [5.41, 5.74) is 2.32. The van der Waals surface area contributed by atoms with Gasteiger partial charge < -0.3 is 14.2 Å². The summed E-state index contributed by atoms with van der Waals surface area (Å²) in [5, 5.41) is 9.67. The van der Waals surface area contributed by atoms with Crippen LogP contribution in [0.5, 0.6) is 5.75 Å². The van der Waals surface area contributed by atoms with Crippen molar-refractivity contribution in [3.05, 3.63) is 53.1 Å². The van der Waals surface area contributed by atoms with E-state index in [2.05, 4.69) is 6.07 Å². The molecule has 6 heteroatoms. The van der Waals surface area contributed by atoms with E-state index in [9.17, 15) is 14.9 Å². The predicted molar refractivity (Wildman–Crippen MR) is 106 cm³/mol. The van der Waals surface area contributed by atoms with Crippen molar-refractivity contribution >= 4 is 11.9 Å². The summed E-state index contributed by atoms with van der Waals surface area (Å²) in [6, 6.07) is 13.3. The summed E-state index contributed by atoms with van der Waals surface area (Å²) < 4.78 is 15.6. The second-order valence-corrected chi connectivity index (χ2v) is 6.88. The van der Waals surface area contributed by atoms with Crippen LogP contribution in [-0.2, 0) is 31.9 Å². The minimum atomic E-state index is -1.40. The van der Waals surface area contributed by atoms with E-state index in [4.69, 9.17) is 14.2 Å². The molecule has 0 unspecified atom stereocenters. The van der Waals surface area contributed by atoms with Gasteiger partial charge in [-0.05, 0) is 73.2 Å². The number of nitrogens with zero attached hydrogens (tertiary/aromatic N) is 1.